The molecule has 1 atom stereocenters. The van der Waals surface area contributed by atoms with Crippen LogP contribution in [0.5, 0.6) is 0 Å². The second-order valence-corrected chi connectivity index (χ2v) is 6.70. The second kappa shape index (κ2) is 7.05. The standard InChI is InChI=1S/C19H14N2O5S/c1-9-14(18(23)24)15(16(19(25)26-2)13(7-22)21-9)12-8-27-17-10(6-20)4-3-5-11(12)17/h3-5,7-8,15,21H,1-2H3,(H,23,24). The minimum absolute atomic E-state index is 0.0369. The summed E-state index contributed by atoms with van der Waals surface area (Å²) < 4.78 is 5.50. The topological polar surface area (TPSA) is 116 Å². The van der Waals surface area contributed by atoms with E-state index in [-0.39, 0.29) is 22.5 Å². The summed E-state index contributed by atoms with van der Waals surface area (Å²) in [7, 11) is 1.17. The van der Waals surface area contributed by atoms with Gasteiger partial charge >= 0.3 is 11.9 Å². The van der Waals surface area contributed by atoms with Gasteiger partial charge in [0.2, 0.25) is 0 Å². The Kier molecular flexibility index (Phi) is 4.79. The van der Waals surface area contributed by atoms with Gasteiger partial charge in [-0.2, -0.15) is 5.26 Å². The Bertz CT molecular complexity index is 1090. The summed E-state index contributed by atoms with van der Waals surface area (Å²) >= 11 is 1.28. The number of dihydropyridines is 1. The van der Waals surface area contributed by atoms with Crippen LogP contribution in [-0.4, -0.2) is 30.4 Å². The van der Waals surface area contributed by atoms with Crippen LogP contribution in [0.2, 0.25) is 0 Å². The fraction of sp³-hybridized carbons (Fsp3) is 0.158. The number of rotatable bonds is 4. The number of fused-ring (bicyclic) bond motifs is 1. The molecule has 1 aromatic heterocycles. The number of hydrogen-bond acceptors (Lipinski definition) is 7. The summed E-state index contributed by atoms with van der Waals surface area (Å²) in [5.74, 6) is -3.01. The molecule has 2 N–H and O–H groups in total. The summed E-state index contributed by atoms with van der Waals surface area (Å²) in [6.45, 7) is 1.53. The van der Waals surface area contributed by atoms with Gasteiger partial charge in [-0.15, -0.1) is 11.3 Å². The van der Waals surface area contributed by atoms with E-state index in [0.717, 1.165) is 0 Å². The number of carbonyl (C=O) groups is 3. The molecule has 1 aromatic carbocycles. The lowest BCUT2D eigenvalue weighted by Gasteiger charge is -2.28. The monoisotopic (exact) mass is 382 g/mol. The molecule has 1 aliphatic rings. The first-order chi connectivity index (χ1) is 12.9. The number of esters is 1. The first-order valence-electron chi connectivity index (χ1n) is 7.83. The van der Waals surface area contributed by atoms with Gasteiger partial charge in [-0.25, -0.2) is 9.59 Å². The van der Waals surface area contributed by atoms with Gasteiger partial charge in [-0.1, -0.05) is 12.1 Å². The van der Waals surface area contributed by atoms with Crippen molar-refractivity contribution in [1.29, 1.82) is 5.26 Å². The molecule has 8 heteroatoms. The van der Waals surface area contributed by atoms with E-state index < -0.39 is 17.9 Å². The predicted molar refractivity (Wildman–Crippen MR) is 97.9 cm³/mol. The van der Waals surface area contributed by atoms with Crippen molar-refractivity contribution >= 4 is 39.6 Å². The number of hydrogen-bond donors (Lipinski definition) is 2. The van der Waals surface area contributed by atoms with Crippen molar-refractivity contribution in [3.05, 3.63) is 57.2 Å². The highest BCUT2D eigenvalue weighted by Crippen LogP contribution is 2.43. The van der Waals surface area contributed by atoms with Crippen molar-refractivity contribution in [1.82, 2.24) is 5.32 Å². The predicted octanol–water partition coefficient (Wildman–Crippen LogP) is 2.44. The molecule has 0 saturated carbocycles. The van der Waals surface area contributed by atoms with Crippen LogP contribution in [0.3, 0.4) is 0 Å². The van der Waals surface area contributed by atoms with E-state index >= 15 is 0 Å². The minimum atomic E-state index is -1.22. The Morgan fingerprint density at radius 2 is 2.11 bits per heavy atom. The molecule has 0 saturated heterocycles. The summed E-state index contributed by atoms with van der Waals surface area (Å²) in [6.07, 6.45) is 0.469. The summed E-state index contributed by atoms with van der Waals surface area (Å²) in [6, 6.07) is 7.22. The van der Waals surface area contributed by atoms with E-state index in [1.165, 1.54) is 25.4 Å². The number of aliphatic carboxylic acids is 1. The van der Waals surface area contributed by atoms with Gasteiger partial charge in [0.15, 0.2) is 6.29 Å². The zero-order valence-electron chi connectivity index (χ0n) is 14.4. The third kappa shape index (κ3) is 2.88. The van der Waals surface area contributed by atoms with Gasteiger partial charge in [0, 0.05) is 5.70 Å². The van der Waals surface area contributed by atoms with Crippen LogP contribution in [0.4, 0.5) is 0 Å². The van der Waals surface area contributed by atoms with Crippen molar-refractivity contribution in [3.63, 3.8) is 0 Å². The maximum Gasteiger partial charge on any atom is 0.336 e. The molecule has 0 spiro atoms. The molecule has 1 unspecified atom stereocenters. The number of nitrogens with one attached hydrogen (secondary N) is 1. The normalized spacial score (nSPS) is 16.7. The smallest absolute Gasteiger partial charge is 0.336 e. The highest BCUT2D eigenvalue weighted by atomic mass is 32.1. The highest BCUT2D eigenvalue weighted by Gasteiger charge is 2.39. The maximum absolute atomic E-state index is 12.4. The number of ether oxygens (including phenoxy) is 1. The fourth-order valence-corrected chi connectivity index (χ4v) is 4.33. The van der Waals surface area contributed by atoms with Crippen LogP contribution in [0.25, 0.3) is 10.1 Å². The number of carboxylic acid groups (broad SMARTS) is 1. The molecule has 0 aliphatic carbocycles. The van der Waals surface area contributed by atoms with E-state index in [4.69, 9.17) is 4.74 Å². The molecule has 2 heterocycles. The number of nitrogens with zero attached hydrogens (tertiary/aromatic N) is 1. The zero-order chi connectivity index (χ0) is 19.7. The van der Waals surface area contributed by atoms with Crippen LogP contribution >= 0.6 is 11.3 Å². The van der Waals surface area contributed by atoms with Crippen LogP contribution in [0.15, 0.2) is 46.1 Å². The quantitative estimate of drug-likeness (QED) is 0.616. The van der Waals surface area contributed by atoms with E-state index in [0.29, 0.717) is 27.5 Å². The third-order valence-corrected chi connectivity index (χ3v) is 5.46. The van der Waals surface area contributed by atoms with Crippen LogP contribution < -0.4 is 5.32 Å². The zero-order valence-corrected chi connectivity index (χ0v) is 15.2. The Morgan fingerprint density at radius 1 is 1.37 bits per heavy atom. The molecular formula is C19H14N2O5S. The largest absolute Gasteiger partial charge is 0.478 e. The van der Waals surface area contributed by atoms with Crippen molar-refractivity contribution in [2.24, 2.45) is 0 Å². The van der Waals surface area contributed by atoms with E-state index in [1.807, 2.05) is 0 Å². The molecule has 136 valence electrons. The Morgan fingerprint density at radius 3 is 2.70 bits per heavy atom. The van der Waals surface area contributed by atoms with Gasteiger partial charge in [-0.3, -0.25) is 4.79 Å². The first-order valence-corrected chi connectivity index (χ1v) is 8.71. The average Bonchev–Trinajstić information content (AvgIpc) is 3.09. The highest BCUT2D eigenvalue weighted by molar-refractivity contribution is 7.17. The van der Waals surface area contributed by atoms with E-state index in [9.17, 15) is 24.8 Å². The molecule has 0 amide bonds. The maximum atomic E-state index is 12.4. The van der Waals surface area contributed by atoms with Crippen LogP contribution in [-0.2, 0) is 19.1 Å². The number of carbonyl (C=O) groups excluding carboxylic acids is 2. The number of methoxy groups -OCH3 is 1. The number of allylic oxidation sites excluding steroid dienone is 2. The van der Waals surface area contributed by atoms with E-state index in [2.05, 4.69) is 11.4 Å². The van der Waals surface area contributed by atoms with Gasteiger partial charge < -0.3 is 15.2 Å². The number of benzene rings is 1. The molecule has 3 rings (SSSR count). The summed E-state index contributed by atoms with van der Waals surface area (Å²) in [5.41, 5.74) is 1.09. The fourth-order valence-electron chi connectivity index (χ4n) is 3.27. The minimum Gasteiger partial charge on any atom is -0.478 e. The Balaban J connectivity index is 2.37. The Labute approximate surface area is 158 Å². The van der Waals surface area contributed by atoms with Crippen molar-refractivity contribution in [2.45, 2.75) is 12.8 Å². The van der Waals surface area contributed by atoms with Gasteiger partial charge in [0.25, 0.3) is 0 Å². The van der Waals surface area contributed by atoms with Gasteiger partial charge in [-0.05, 0) is 29.3 Å². The number of aldehydes is 1. The number of nitriles is 1. The average molecular weight is 382 g/mol. The molecule has 0 radical (unpaired) electrons. The molecule has 0 fully saturated rings. The van der Waals surface area contributed by atoms with Crippen molar-refractivity contribution < 1.29 is 24.2 Å². The van der Waals surface area contributed by atoms with Crippen molar-refractivity contribution in [3.8, 4) is 6.07 Å². The lowest BCUT2D eigenvalue weighted by atomic mass is 9.80. The van der Waals surface area contributed by atoms with Crippen LogP contribution in [0, 0.1) is 11.3 Å². The lowest BCUT2D eigenvalue weighted by molar-refractivity contribution is -0.136. The van der Waals surface area contributed by atoms with Crippen LogP contribution in [0.1, 0.15) is 24.0 Å². The molecule has 1 aliphatic heterocycles. The second-order valence-electron chi connectivity index (χ2n) is 5.82. The number of carboxylic acids is 1. The SMILES string of the molecule is COC(=O)C1=C(C=O)NC(C)=C(C(=O)O)C1c1csc2c(C#N)cccc12. The Hall–Kier alpha value is -3.44. The van der Waals surface area contributed by atoms with Gasteiger partial charge in [0.1, 0.15) is 6.07 Å². The molecule has 0 bridgehead atoms. The van der Waals surface area contributed by atoms with Gasteiger partial charge in [0.05, 0.1) is 40.1 Å². The lowest BCUT2D eigenvalue weighted by Crippen LogP contribution is -2.32. The van der Waals surface area contributed by atoms with E-state index in [1.54, 1.807) is 23.6 Å². The molecular weight excluding hydrogens is 368 g/mol. The third-order valence-electron chi connectivity index (χ3n) is 4.41. The van der Waals surface area contributed by atoms with Crippen molar-refractivity contribution in [2.75, 3.05) is 7.11 Å². The number of thiophene rings is 1. The first kappa shape index (κ1) is 18.4. The summed E-state index contributed by atoms with van der Waals surface area (Å²) in [4.78, 5) is 36.0. The summed E-state index contributed by atoms with van der Waals surface area (Å²) in [5, 5.41) is 24.1. The molecule has 7 nitrogen and oxygen atoms in total. The molecule has 2 aromatic rings. The molecule has 27 heavy (non-hydrogen) atoms.